The van der Waals surface area contributed by atoms with E-state index in [1.165, 1.54) is 0 Å². The molecule has 0 radical (unpaired) electrons. The number of carboxylic acids is 1. The van der Waals surface area contributed by atoms with E-state index >= 15 is 39.5 Å². The number of aliphatic carboxylic acids is 1. The molecule has 1 N–H and O–H groups in total. The van der Waals surface area contributed by atoms with Crippen molar-refractivity contribution in [1.29, 1.82) is 0 Å². The van der Waals surface area contributed by atoms with Crippen LogP contribution in [-0.2, 0) is 61.6 Å². The van der Waals surface area contributed by atoms with Gasteiger partial charge < -0.3 is 5.11 Å². The van der Waals surface area contributed by atoms with Crippen molar-refractivity contribution in [1.82, 2.24) is 0 Å². The Morgan fingerprint density at radius 3 is 0.277 bits per heavy atom. The fourth-order valence-corrected chi connectivity index (χ4v) is 6.40. The largest absolute Gasteiger partial charge is 0.477 e. The van der Waals surface area contributed by atoms with Crippen molar-refractivity contribution in [2.45, 2.75) is 230 Å². The molecule has 0 aromatic heterocycles. The van der Waals surface area contributed by atoms with E-state index in [9.17, 15) is 303 Å². The lowest BCUT2D eigenvalue weighted by Gasteiger charge is -2.46. The van der Waals surface area contributed by atoms with Crippen LogP contribution in [-0.4, -0.2) is 241 Å². The van der Waals surface area contributed by atoms with Crippen molar-refractivity contribution >= 4 is 5.97 Å². The van der Waals surface area contributed by atoms with E-state index in [1.807, 2.05) is 0 Å². The molecule has 130 heavy (non-hydrogen) atoms. The lowest BCUT2D eigenvalue weighted by atomic mass is 10.1. The molecule has 14 nitrogen and oxygen atoms in total. The van der Waals surface area contributed by atoms with Gasteiger partial charge in [-0.25, -0.2) is 4.79 Å². The SMILES string of the molecule is O=C(O)C(F)(OC(F)(F)C(F)(OC(F)(F)C(F)(OC(F)(F)C(F)(OC(F)(F)C(F)(OC(F)(F)C(F)(OC(F)(F)C(F)(OC(F)(F)C(F)(OC(F)(F)C(F)(OC(F)(F)C(F)(OC(F)(F)C(F)(OC(F)(F)C(F)(OC(F)(F)C(F)(F)C(F)(F)F)C(F)(F)F)C(F)(F)F)C(F)(F)F)C(F)(F)F)C(F)(F)F)C(F)(F)F)C(F)(F)F)C(F)(F)F)C(F)(F)F)C(F)(F)F)C(F)(F)F)C(F)(F)F. The fourth-order valence-electron chi connectivity index (χ4n) is 6.40. The fraction of sp³-hybridized carbons (Fsp3) is 0.974. The number of carbonyl (C=O) groups is 1. The van der Waals surface area contributed by atoms with Gasteiger partial charge in [0.15, 0.2) is 0 Å². The third kappa shape index (κ3) is 20.1. The summed E-state index contributed by atoms with van der Waals surface area (Å²) < 4.78 is 1090. The molecule has 0 aliphatic carbocycles. The Balaban J connectivity index is 9.14. The standard InChI is InChI=1S/C39HF77O14/c40-2(1(117)118,15(54,55)56)119-29(95,96)4(43,17(60,61)62)121-31(99,100)6(45,19(66,67)68)123-33(103,104)8(47,21(72,73)74)125-35(107,108)10(49,23(78,79)80)127-37(111,112)12(51,25(84,85)86)129-39(115,116)14(53,27(90,91)92)130-38(113,114)13(52,26(87,88)89)128-36(109,110)11(50,24(81,82)83)126-34(105,106)9(48,22(75,76)77)124-32(101,102)7(46,20(69,70)71)122-30(97,98)5(44,18(63,64)65)120-28(93,94)3(41,42)16(57,58)59/h(H,117,118). The lowest BCUT2D eigenvalue weighted by molar-refractivity contribution is -0.614. The van der Waals surface area contributed by atoms with E-state index in [0.717, 1.165) is 4.74 Å². The minimum Gasteiger partial charge on any atom is -0.477 e. The van der Waals surface area contributed by atoms with Gasteiger partial charge in [-0.2, -0.15) is 338 Å². The normalized spacial score (nSPS) is 21.5. The second-order valence-corrected chi connectivity index (χ2v) is 21.9. The van der Waals surface area contributed by atoms with Crippen LogP contribution >= 0.6 is 0 Å². The molecule has 0 aliphatic rings. The first-order valence-corrected chi connectivity index (χ1v) is 26.4. The first kappa shape index (κ1) is 124. The molecular formula is C39HF77O14. The number of hydrogen-bond acceptors (Lipinski definition) is 13. The van der Waals surface area contributed by atoms with Crippen molar-refractivity contribution in [3.05, 3.63) is 0 Å². The van der Waals surface area contributed by atoms with Crippen LogP contribution in [0, 0.1) is 0 Å². The van der Waals surface area contributed by atoms with Crippen molar-refractivity contribution in [2.24, 2.45) is 0 Å². The van der Waals surface area contributed by atoms with Crippen LogP contribution in [0.2, 0.25) is 0 Å². The van der Waals surface area contributed by atoms with Gasteiger partial charge in [0.25, 0.3) is 0 Å². The first-order chi connectivity index (χ1) is 54.7. The number of rotatable bonds is 37. The zero-order valence-corrected chi connectivity index (χ0v) is 54.4. The molecule has 12 atom stereocenters. The van der Waals surface area contributed by atoms with Gasteiger partial charge in [0.1, 0.15) is 0 Å². The molecule has 0 fully saturated rings. The van der Waals surface area contributed by atoms with E-state index in [-0.39, 0.29) is 33.2 Å². The van der Waals surface area contributed by atoms with Crippen LogP contribution in [0.25, 0.3) is 0 Å². The van der Waals surface area contributed by atoms with Crippen molar-refractivity contribution in [3.63, 3.8) is 0 Å². The quantitative estimate of drug-likeness (QED) is 0.0588. The average Bonchev–Trinajstić information content (AvgIpc) is 0.703. The Kier molecular flexibility index (Phi) is 30.8. The Morgan fingerprint density at radius 1 is 0.123 bits per heavy atom. The summed E-state index contributed by atoms with van der Waals surface area (Å²) in [6, 6.07) is 0. The van der Waals surface area contributed by atoms with E-state index in [2.05, 4.69) is 0 Å². The molecule has 0 saturated heterocycles. The molecular weight excluding hydrogens is 2160 g/mol. The minimum absolute atomic E-state index is 0.161. The van der Waals surface area contributed by atoms with Crippen LogP contribution < -0.4 is 0 Å². The maximum Gasteiger partial charge on any atom is 0.462 e. The van der Waals surface area contributed by atoms with Crippen molar-refractivity contribution in [3.8, 4) is 0 Å². The molecule has 91 heteroatoms. The first-order valence-electron chi connectivity index (χ1n) is 26.4. The number of alkyl halides is 77. The highest BCUT2D eigenvalue weighted by molar-refractivity contribution is 5.76. The van der Waals surface area contributed by atoms with Gasteiger partial charge >= 0.3 is 236 Å². The summed E-state index contributed by atoms with van der Waals surface area (Å²) in [5, 5.41) is 8.04. The average molecular weight is 2160 g/mol. The zero-order valence-electron chi connectivity index (χ0n) is 54.4. The summed E-state index contributed by atoms with van der Waals surface area (Å²) in [5.74, 6) is -137. The lowest BCUT2D eigenvalue weighted by Crippen LogP contribution is -2.74. The van der Waals surface area contributed by atoms with Crippen molar-refractivity contribution < 1.29 is 405 Å². The molecule has 0 spiro atoms. The van der Waals surface area contributed by atoms with Crippen LogP contribution in [0.4, 0.5) is 338 Å². The Hall–Kier alpha value is -6.40. The molecule has 0 aromatic carbocycles. The third-order valence-corrected chi connectivity index (χ3v) is 12.7. The summed E-state index contributed by atoms with van der Waals surface area (Å²) in [7, 11) is 0. The van der Waals surface area contributed by atoms with Crippen LogP contribution in [0.15, 0.2) is 0 Å². The highest BCUT2D eigenvalue weighted by Crippen LogP contribution is 2.69. The summed E-state index contributed by atoms with van der Waals surface area (Å²) >= 11 is 0. The molecule has 0 bridgehead atoms. The Labute approximate surface area is 642 Å². The van der Waals surface area contributed by atoms with Gasteiger partial charge in [0, 0.05) is 0 Å². The molecule has 0 heterocycles. The van der Waals surface area contributed by atoms with Crippen molar-refractivity contribution in [2.75, 3.05) is 0 Å². The second-order valence-electron chi connectivity index (χ2n) is 21.9. The van der Waals surface area contributed by atoms with Gasteiger partial charge in [-0.1, -0.05) is 0 Å². The molecule has 0 rings (SSSR count). The topological polar surface area (TPSA) is 148 Å². The van der Waals surface area contributed by atoms with Gasteiger partial charge in [-0.05, 0) is 0 Å². The highest BCUT2D eigenvalue weighted by Gasteiger charge is 2.98. The monoisotopic (exact) mass is 2160 g/mol. The molecule has 780 valence electrons. The van der Waals surface area contributed by atoms with Crippen LogP contribution in [0.5, 0.6) is 0 Å². The Morgan fingerprint density at radius 2 is 0.208 bits per heavy atom. The predicted molar refractivity (Wildman–Crippen MR) is 210 cm³/mol. The molecule has 0 aromatic rings. The van der Waals surface area contributed by atoms with Gasteiger partial charge in [-0.3, -0.25) is 56.8 Å². The smallest absolute Gasteiger partial charge is 0.462 e. The maximum absolute atomic E-state index is 15.3. The van der Waals surface area contributed by atoms with E-state index in [4.69, 9.17) is 5.11 Å². The second kappa shape index (κ2) is 32.4. The predicted octanol–water partition coefficient (Wildman–Crippen LogP) is 23.3. The van der Waals surface area contributed by atoms with E-state index < -0.39 is 236 Å². The number of carboxylic acid groups (broad SMARTS) is 1. The summed E-state index contributed by atoms with van der Waals surface area (Å²) in [6.07, 6.45) is -250. The molecule has 0 aliphatic heterocycles. The molecule has 0 amide bonds. The zero-order chi connectivity index (χ0) is 107. The van der Waals surface area contributed by atoms with Gasteiger partial charge in [0.2, 0.25) is 0 Å². The summed E-state index contributed by atoms with van der Waals surface area (Å²) in [6.45, 7) is 0. The minimum atomic E-state index is -10.8. The summed E-state index contributed by atoms with van der Waals surface area (Å²) in [5.41, 5.74) is 0. The Bertz CT molecular complexity index is 3840. The summed E-state index contributed by atoms with van der Waals surface area (Å²) in [4.78, 5) is 10.5. The van der Waals surface area contributed by atoms with E-state index in [1.54, 1.807) is 0 Å². The maximum atomic E-state index is 15.3. The molecule has 12 unspecified atom stereocenters. The van der Waals surface area contributed by atoms with Gasteiger partial charge in [0.05, 0.1) is 0 Å². The van der Waals surface area contributed by atoms with E-state index in [0.29, 0.717) is 18.9 Å². The number of halogens is 77. The third-order valence-electron chi connectivity index (χ3n) is 12.7. The number of ether oxygens (including phenoxy) is 12. The number of hydrogen-bond donors (Lipinski definition) is 1. The highest BCUT2D eigenvalue weighted by atomic mass is 19.5. The molecule has 0 saturated carbocycles. The van der Waals surface area contributed by atoms with Crippen LogP contribution in [0.3, 0.4) is 0 Å². The van der Waals surface area contributed by atoms with Crippen LogP contribution in [0.1, 0.15) is 0 Å². The van der Waals surface area contributed by atoms with Gasteiger partial charge in [-0.15, -0.1) is 0 Å².